The first-order chi connectivity index (χ1) is 10.6. The van der Waals surface area contributed by atoms with Gasteiger partial charge in [0.1, 0.15) is 5.54 Å². The molecular formula is C17H31N3O2. The highest BCUT2D eigenvalue weighted by Gasteiger charge is 2.43. The molecule has 0 bridgehead atoms. The molecule has 1 saturated carbocycles. The average Bonchev–Trinajstić information content (AvgIpc) is 2.57. The normalized spacial score (nSPS) is 22.1. The number of carbonyl (C=O) groups is 2. The molecule has 1 aliphatic heterocycles. The van der Waals surface area contributed by atoms with E-state index in [2.05, 4.69) is 10.6 Å². The molecule has 2 rings (SSSR count). The topological polar surface area (TPSA) is 61.4 Å². The zero-order valence-electron chi connectivity index (χ0n) is 14.1. The van der Waals surface area contributed by atoms with Gasteiger partial charge in [-0.2, -0.15) is 0 Å². The van der Waals surface area contributed by atoms with Crippen molar-refractivity contribution in [3.8, 4) is 0 Å². The lowest BCUT2D eigenvalue weighted by molar-refractivity contribution is -0.144. The Morgan fingerprint density at radius 1 is 1.09 bits per heavy atom. The monoisotopic (exact) mass is 309 g/mol. The van der Waals surface area contributed by atoms with Crippen LogP contribution in [0.2, 0.25) is 0 Å². The van der Waals surface area contributed by atoms with Gasteiger partial charge in [0, 0.05) is 19.0 Å². The number of nitrogens with one attached hydrogen (secondary N) is 2. The lowest BCUT2D eigenvalue weighted by Crippen LogP contribution is -2.61. The van der Waals surface area contributed by atoms with Gasteiger partial charge in [-0.15, -0.1) is 0 Å². The van der Waals surface area contributed by atoms with Crippen molar-refractivity contribution in [3.63, 3.8) is 0 Å². The standard InChI is InChI=1S/C17H31N3O2/c1-3-20(4-2)16(22)17(10-6-5-7-11-17)19-15(21)14-8-12-18-13-9-14/h14,18H,3-13H2,1-2H3,(H,19,21). The number of piperidine rings is 1. The van der Waals surface area contributed by atoms with Crippen molar-refractivity contribution >= 4 is 11.8 Å². The van der Waals surface area contributed by atoms with E-state index < -0.39 is 5.54 Å². The minimum Gasteiger partial charge on any atom is -0.341 e. The lowest BCUT2D eigenvalue weighted by atomic mass is 9.79. The van der Waals surface area contributed by atoms with E-state index in [1.165, 1.54) is 0 Å². The first-order valence-corrected chi connectivity index (χ1v) is 8.95. The van der Waals surface area contributed by atoms with Crippen molar-refractivity contribution < 1.29 is 9.59 Å². The highest BCUT2D eigenvalue weighted by Crippen LogP contribution is 2.31. The highest BCUT2D eigenvalue weighted by atomic mass is 16.2. The Hall–Kier alpha value is -1.10. The minimum absolute atomic E-state index is 0.0598. The molecule has 2 amide bonds. The number of rotatable bonds is 5. The molecular weight excluding hydrogens is 278 g/mol. The van der Waals surface area contributed by atoms with Gasteiger partial charge in [-0.1, -0.05) is 19.3 Å². The van der Waals surface area contributed by atoms with Crippen LogP contribution in [-0.4, -0.2) is 48.4 Å². The SMILES string of the molecule is CCN(CC)C(=O)C1(NC(=O)C2CCNCC2)CCCCC1. The molecule has 2 N–H and O–H groups in total. The summed E-state index contributed by atoms with van der Waals surface area (Å²) in [6.07, 6.45) is 6.55. The summed E-state index contributed by atoms with van der Waals surface area (Å²) in [5.74, 6) is 0.271. The maximum atomic E-state index is 13.0. The maximum Gasteiger partial charge on any atom is 0.248 e. The van der Waals surface area contributed by atoms with Crippen molar-refractivity contribution in [2.45, 2.75) is 64.3 Å². The van der Waals surface area contributed by atoms with Gasteiger partial charge in [-0.25, -0.2) is 0 Å². The summed E-state index contributed by atoms with van der Waals surface area (Å²) >= 11 is 0. The van der Waals surface area contributed by atoms with Gasteiger partial charge in [0.15, 0.2) is 0 Å². The molecule has 0 aromatic rings. The molecule has 0 aromatic carbocycles. The quantitative estimate of drug-likeness (QED) is 0.812. The number of carbonyl (C=O) groups excluding carboxylic acids is 2. The van der Waals surface area contributed by atoms with E-state index in [0.29, 0.717) is 13.1 Å². The second-order valence-electron chi connectivity index (χ2n) is 6.63. The third kappa shape index (κ3) is 3.80. The van der Waals surface area contributed by atoms with Crippen LogP contribution in [0, 0.1) is 5.92 Å². The Morgan fingerprint density at radius 2 is 1.68 bits per heavy atom. The minimum atomic E-state index is -0.647. The number of hydrogen-bond acceptors (Lipinski definition) is 3. The first kappa shape index (κ1) is 17.3. The van der Waals surface area contributed by atoms with E-state index in [4.69, 9.17) is 0 Å². The van der Waals surface area contributed by atoms with Crippen LogP contribution in [0.3, 0.4) is 0 Å². The summed E-state index contributed by atoms with van der Waals surface area (Å²) in [5.41, 5.74) is -0.647. The molecule has 0 atom stereocenters. The van der Waals surface area contributed by atoms with Crippen molar-refractivity contribution in [2.24, 2.45) is 5.92 Å². The van der Waals surface area contributed by atoms with Crippen molar-refractivity contribution in [1.82, 2.24) is 15.5 Å². The van der Waals surface area contributed by atoms with Gasteiger partial charge in [0.25, 0.3) is 0 Å². The molecule has 0 radical (unpaired) electrons. The van der Waals surface area contributed by atoms with Crippen LogP contribution in [0.4, 0.5) is 0 Å². The smallest absolute Gasteiger partial charge is 0.248 e. The van der Waals surface area contributed by atoms with Gasteiger partial charge in [0.05, 0.1) is 0 Å². The summed E-state index contributed by atoms with van der Waals surface area (Å²) in [6, 6.07) is 0. The summed E-state index contributed by atoms with van der Waals surface area (Å²) in [7, 11) is 0. The molecule has 126 valence electrons. The molecule has 1 heterocycles. The first-order valence-electron chi connectivity index (χ1n) is 8.95. The van der Waals surface area contributed by atoms with E-state index in [-0.39, 0.29) is 17.7 Å². The molecule has 0 unspecified atom stereocenters. The maximum absolute atomic E-state index is 13.0. The molecule has 1 aliphatic carbocycles. The van der Waals surface area contributed by atoms with Gasteiger partial charge in [-0.05, 0) is 52.6 Å². The van der Waals surface area contributed by atoms with Crippen LogP contribution in [-0.2, 0) is 9.59 Å². The zero-order chi connectivity index (χ0) is 16.0. The fourth-order valence-corrected chi connectivity index (χ4v) is 3.78. The number of amides is 2. The van der Waals surface area contributed by atoms with Crippen molar-refractivity contribution in [3.05, 3.63) is 0 Å². The largest absolute Gasteiger partial charge is 0.341 e. The number of likely N-dealkylation sites (N-methyl/N-ethyl adjacent to an activating group) is 1. The zero-order valence-corrected chi connectivity index (χ0v) is 14.1. The van der Waals surface area contributed by atoms with Gasteiger partial charge in [-0.3, -0.25) is 9.59 Å². The molecule has 1 saturated heterocycles. The lowest BCUT2D eigenvalue weighted by Gasteiger charge is -2.41. The number of nitrogens with zero attached hydrogens (tertiary/aromatic N) is 1. The predicted octanol–water partition coefficient (Wildman–Crippen LogP) is 1.67. The Morgan fingerprint density at radius 3 is 2.23 bits per heavy atom. The Labute approximate surface area is 134 Å². The van der Waals surface area contributed by atoms with Crippen LogP contribution >= 0.6 is 0 Å². The van der Waals surface area contributed by atoms with Gasteiger partial charge < -0.3 is 15.5 Å². The van der Waals surface area contributed by atoms with Gasteiger partial charge >= 0.3 is 0 Å². The molecule has 0 spiro atoms. The van der Waals surface area contributed by atoms with E-state index in [1.807, 2.05) is 18.7 Å². The van der Waals surface area contributed by atoms with E-state index >= 15 is 0 Å². The second-order valence-corrected chi connectivity index (χ2v) is 6.63. The molecule has 5 nitrogen and oxygen atoms in total. The third-order valence-electron chi connectivity index (χ3n) is 5.24. The highest BCUT2D eigenvalue weighted by molar-refractivity contribution is 5.92. The third-order valence-corrected chi connectivity index (χ3v) is 5.24. The van der Waals surface area contributed by atoms with Crippen molar-refractivity contribution in [1.29, 1.82) is 0 Å². The van der Waals surface area contributed by atoms with E-state index in [0.717, 1.165) is 58.0 Å². The summed E-state index contributed by atoms with van der Waals surface area (Å²) in [6.45, 7) is 7.23. The van der Waals surface area contributed by atoms with Crippen LogP contribution in [0.1, 0.15) is 58.8 Å². The predicted molar refractivity (Wildman–Crippen MR) is 87.5 cm³/mol. The average molecular weight is 309 g/mol. The molecule has 2 aliphatic rings. The van der Waals surface area contributed by atoms with Gasteiger partial charge in [0.2, 0.25) is 11.8 Å². The Balaban J connectivity index is 2.10. The fraction of sp³-hybridized carbons (Fsp3) is 0.882. The van der Waals surface area contributed by atoms with E-state index in [9.17, 15) is 9.59 Å². The van der Waals surface area contributed by atoms with E-state index in [1.54, 1.807) is 0 Å². The van der Waals surface area contributed by atoms with Crippen LogP contribution in [0.15, 0.2) is 0 Å². The molecule has 22 heavy (non-hydrogen) atoms. The Kier molecular flexibility index (Phi) is 6.24. The number of hydrogen-bond donors (Lipinski definition) is 2. The summed E-state index contributed by atoms with van der Waals surface area (Å²) < 4.78 is 0. The summed E-state index contributed by atoms with van der Waals surface area (Å²) in [5, 5.41) is 6.48. The molecule has 5 heteroatoms. The van der Waals surface area contributed by atoms with Crippen LogP contribution in [0.5, 0.6) is 0 Å². The Bertz CT molecular complexity index is 381. The summed E-state index contributed by atoms with van der Waals surface area (Å²) in [4.78, 5) is 27.5. The molecule has 0 aromatic heterocycles. The van der Waals surface area contributed by atoms with Crippen LogP contribution < -0.4 is 10.6 Å². The van der Waals surface area contributed by atoms with Crippen molar-refractivity contribution in [2.75, 3.05) is 26.2 Å². The fourth-order valence-electron chi connectivity index (χ4n) is 3.78. The van der Waals surface area contributed by atoms with Crippen LogP contribution in [0.25, 0.3) is 0 Å². The molecule has 2 fully saturated rings. The second kappa shape index (κ2) is 7.95.